The Morgan fingerprint density at radius 2 is 2.17 bits per heavy atom. The maximum atomic E-state index is 12.5. The maximum Gasteiger partial charge on any atom is 0.251 e. The van der Waals surface area contributed by atoms with Gasteiger partial charge in [0, 0.05) is 22.5 Å². The number of aromatic amines is 1. The summed E-state index contributed by atoms with van der Waals surface area (Å²) in [5.41, 5.74) is 5.04. The highest BCUT2D eigenvalue weighted by atomic mass is 35.5. The number of carbonyl (C=O) groups excluding carboxylic acids is 1. The van der Waals surface area contributed by atoms with Crippen LogP contribution in [0, 0.1) is 6.92 Å². The summed E-state index contributed by atoms with van der Waals surface area (Å²) in [6.45, 7) is 2.42. The smallest absolute Gasteiger partial charge is 0.251 e. The lowest BCUT2D eigenvalue weighted by molar-refractivity contribution is 0.0951. The topological polar surface area (TPSA) is 57.8 Å². The molecule has 1 aromatic heterocycles. The van der Waals surface area contributed by atoms with Crippen LogP contribution in [0.25, 0.3) is 10.9 Å². The van der Waals surface area contributed by atoms with Crippen LogP contribution in [0.15, 0.2) is 36.5 Å². The molecular formula is C19H18ClN3O. The number of carbonyl (C=O) groups is 1. The fourth-order valence-electron chi connectivity index (χ4n) is 3.07. The van der Waals surface area contributed by atoms with Crippen LogP contribution in [0.5, 0.6) is 0 Å². The van der Waals surface area contributed by atoms with E-state index in [2.05, 4.69) is 27.6 Å². The van der Waals surface area contributed by atoms with Crippen LogP contribution < -0.4 is 5.32 Å². The Labute approximate surface area is 145 Å². The highest BCUT2D eigenvalue weighted by Gasteiger charge is 2.27. The molecule has 0 atom stereocenters. The summed E-state index contributed by atoms with van der Waals surface area (Å²) in [6, 6.07) is 9.61. The van der Waals surface area contributed by atoms with Gasteiger partial charge >= 0.3 is 0 Å². The van der Waals surface area contributed by atoms with Gasteiger partial charge in [0.15, 0.2) is 0 Å². The van der Waals surface area contributed by atoms with E-state index in [0.717, 1.165) is 22.0 Å². The van der Waals surface area contributed by atoms with E-state index in [0.29, 0.717) is 23.0 Å². The molecular weight excluding hydrogens is 322 g/mol. The predicted molar refractivity (Wildman–Crippen MR) is 95.4 cm³/mol. The zero-order chi connectivity index (χ0) is 16.7. The minimum Gasteiger partial charge on any atom is -0.348 e. The van der Waals surface area contributed by atoms with Crippen LogP contribution in [0.2, 0.25) is 5.02 Å². The summed E-state index contributed by atoms with van der Waals surface area (Å²) in [5, 5.41) is 11.9. The molecule has 1 saturated carbocycles. The third kappa shape index (κ3) is 2.78. The first-order chi connectivity index (χ1) is 11.6. The molecule has 0 bridgehead atoms. The average molecular weight is 340 g/mol. The standard InChI is InChI=1S/C19H18ClN3O/c1-11-2-3-13(8-17(11)20)19(24)21-9-15-14(12-4-5-12)6-7-18-16(15)10-22-23-18/h2-3,6-8,10,12H,4-5,9H2,1H3,(H,21,24)(H,22,23). The lowest BCUT2D eigenvalue weighted by atomic mass is 9.99. The molecule has 1 fully saturated rings. The van der Waals surface area contributed by atoms with Crippen molar-refractivity contribution >= 4 is 28.4 Å². The van der Waals surface area contributed by atoms with Gasteiger partial charge in [0.2, 0.25) is 0 Å². The Morgan fingerprint density at radius 3 is 2.92 bits per heavy atom. The first-order valence-corrected chi connectivity index (χ1v) is 8.50. The minimum atomic E-state index is -0.112. The number of aromatic nitrogens is 2. The number of benzene rings is 2. The molecule has 2 N–H and O–H groups in total. The number of hydrogen-bond acceptors (Lipinski definition) is 2. The quantitative estimate of drug-likeness (QED) is 0.743. The molecule has 122 valence electrons. The van der Waals surface area contributed by atoms with E-state index in [-0.39, 0.29) is 5.91 Å². The van der Waals surface area contributed by atoms with Gasteiger partial charge in [-0.25, -0.2) is 0 Å². The SMILES string of the molecule is Cc1ccc(C(=O)NCc2c(C3CC3)ccc3[nH]ncc23)cc1Cl. The van der Waals surface area contributed by atoms with E-state index < -0.39 is 0 Å². The Balaban J connectivity index is 1.60. The zero-order valence-electron chi connectivity index (χ0n) is 13.4. The van der Waals surface area contributed by atoms with Gasteiger partial charge in [-0.15, -0.1) is 0 Å². The Kier molecular flexibility index (Phi) is 3.77. The second-order valence-corrected chi connectivity index (χ2v) is 6.79. The molecule has 2 aromatic carbocycles. The highest BCUT2D eigenvalue weighted by Crippen LogP contribution is 2.43. The molecule has 0 unspecified atom stereocenters. The minimum absolute atomic E-state index is 0.112. The summed E-state index contributed by atoms with van der Waals surface area (Å²) in [5.74, 6) is 0.504. The van der Waals surface area contributed by atoms with Crippen molar-refractivity contribution in [3.05, 3.63) is 63.8 Å². The van der Waals surface area contributed by atoms with Crippen molar-refractivity contribution < 1.29 is 4.79 Å². The van der Waals surface area contributed by atoms with Crippen LogP contribution in [0.1, 0.15) is 45.8 Å². The number of amides is 1. The monoisotopic (exact) mass is 339 g/mol. The van der Waals surface area contributed by atoms with Crippen LogP contribution in [-0.2, 0) is 6.54 Å². The summed E-state index contributed by atoms with van der Waals surface area (Å²) in [7, 11) is 0. The maximum absolute atomic E-state index is 12.5. The summed E-state index contributed by atoms with van der Waals surface area (Å²) < 4.78 is 0. The predicted octanol–water partition coefficient (Wildman–Crippen LogP) is 4.33. The fraction of sp³-hybridized carbons (Fsp3) is 0.263. The van der Waals surface area contributed by atoms with Crippen molar-refractivity contribution in [3.63, 3.8) is 0 Å². The van der Waals surface area contributed by atoms with Crippen molar-refractivity contribution in [1.82, 2.24) is 15.5 Å². The third-order valence-electron chi connectivity index (χ3n) is 4.65. The van der Waals surface area contributed by atoms with Gasteiger partial charge in [-0.3, -0.25) is 9.89 Å². The number of rotatable bonds is 4. The van der Waals surface area contributed by atoms with Crippen molar-refractivity contribution in [2.45, 2.75) is 32.2 Å². The molecule has 0 spiro atoms. The van der Waals surface area contributed by atoms with Crippen molar-refractivity contribution in [1.29, 1.82) is 0 Å². The van der Waals surface area contributed by atoms with Crippen molar-refractivity contribution in [2.75, 3.05) is 0 Å². The average Bonchev–Trinajstić information content (AvgIpc) is 3.31. The van der Waals surface area contributed by atoms with Gasteiger partial charge in [-0.1, -0.05) is 23.7 Å². The van der Waals surface area contributed by atoms with Crippen LogP contribution >= 0.6 is 11.6 Å². The molecule has 24 heavy (non-hydrogen) atoms. The Morgan fingerprint density at radius 1 is 1.33 bits per heavy atom. The molecule has 0 saturated heterocycles. The second kappa shape index (κ2) is 5.95. The van der Waals surface area contributed by atoms with Gasteiger partial charge in [-0.05, 0) is 60.6 Å². The molecule has 0 radical (unpaired) electrons. The largest absolute Gasteiger partial charge is 0.348 e. The normalized spacial score (nSPS) is 14.1. The third-order valence-corrected chi connectivity index (χ3v) is 5.06. The first kappa shape index (κ1) is 15.2. The van der Waals surface area contributed by atoms with Crippen molar-refractivity contribution in [2.24, 2.45) is 0 Å². The molecule has 1 amide bonds. The lowest BCUT2D eigenvalue weighted by Gasteiger charge is -2.12. The molecule has 5 heteroatoms. The van der Waals surface area contributed by atoms with Crippen LogP contribution in [0.4, 0.5) is 0 Å². The number of halogens is 1. The number of nitrogens with zero attached hydrogens (tertiary/aromatic N) is 1. The number of hydrogen-bond donors (Lipinski definition) is 2. The summed E-state index contributed by atoms with van der Waals surface area (Å²) in [4.78, 5) is 12.5. The zero-order valence-corrected chi connectivity index (χ0v) is 14.2. The molecule has 4 nitrogen and oxygen atoms in total. The number of H-pyrrole nitrogens is 1. The molecule has 1 heterocycles. The number of fused-ring (bicyclic) bond motifs is 1. The fourth-order valence-corrected chi connectivity index (χ4v) is 3.25. The van der Waals surface area contributed by atoms with Crippen molar-refractivity contribution in [3.8, 4) is 0 Å². The Bertz CT molecular complexity index is 928. The number of aryl methyl sites for hydroxylation is 1. The van der Waals surface area contributed by atoms with E-state index >= 15 is 0 Å². The number of nitrogens with one attached hydrogen (secondary N) is 2. The van der Waals surface area contributed by atoms with Gasteiger partial charge in [0.05, 0.1) is 11.7 Å². The first-order valence-electron chi connectivity index (χ1n) is 8.12. The summed E-state index contributed by atoms with van der Waals surface area (Å²) >= 11 is 6.12. The molecule has 1 aliphatic rings. The van der Waals surface area contributed by atoms with Crippen LogP contribution in [-0.4, -0.2) is 16.1 Å². The van der Waals surface area contributed by atoms with Gasteiger partial charge < -0.3 is 5.32 Å². The lowest BCUT2D eigenvalue weighted by Crippen LogP contribution is -2.23. The van der Waals surface area contributed by atoms with Gasteiger partial charge in [0.1, 0.15) is 0 Å². The molecule has 4 rings (SSSR count). The molecule has 3 aromatic rings. The Hall–Kier alpha value is -2.33. The summed E-state index contributed by atoms with van der Waals surface area (Å²) in [6.07, 6.45) is 4.28. The molecule has 0 aliphatic heterocycles. The van der Waals surface area contributed by atoms with Gasteiger partial charge in [-0.2, -0.15) is 5.10 Å². The van der Waals surface area contributed by atoms with E-state index in [4.69, 9.17) is 11.6 Å². The van der Waals surface area contributed by atoms with E-state index in [9.17, 15) is 4.79 Å². The van der Waals surface area contributed by atoms with E-state index in [1.165, 1.54) is 18.4 Å². The molecule has 1 aliphatic carbocycles. The van der Waals surface area contributed by atoms with Gasteiger partial charge in [0.25, 0.3) is 5.91 Å². The van der Waals surface area contributed by atoms with Crippen LogP contribution in [0.3, 0.4) is 0 Å². The second-order valence-electron chi connectivity index (χ2n) is 6.39. The van der Waals surface area contributed by atoms with E-state index in [1.807, 2.05) is 19.2 Å². The van der Waals surface area contributed by atoms with E-state index in [1.54, 1.807) is 12.1 Å². The highest BCUT2D eigenvalue weighted by molar-refractivity contribution is 6.31.